The zero-order valence-electron chi connectivity index (χ0n) is 10.6. The fourth-order valence-electron chi connectivity index (χ4n) is 1.94. The molecule has 17 heavy (non-hydrogen) atoms. The van der Waals surface area contributed by atoms with Crippen molar-refractivity contribution in [2.45, 2.75) is 36.8 Å². The van der Waals surface area contributed by atoms with Gasteiger partial charge in [-0.2, -0.15) is 11.8 Å². The van der Waals surface area contributed by atoms with E-state index in [0.717, 1.165) is 6.54 Å². The van der Waals surface area contributed by atoms with E-state index in [0.29, 0.717) is 6.42 Å². The topological polar surface area (TPSA) is 70.6 Å². The van der Waals surface area contributed by atoms with Gasteiger partial charge in [-0.15, -0.1) is 0 Å². The first kappa shape index (κ1) is 14.8. The van der Waals surface area contributed by atoms with Crippen LogP contribution in [0.15, 0.2) is 0 Å². The number of aliphatic hydroxyl groups is 1. The van der Waals surface area contributed by atoms with Gasteiger partial charge in [-0.05, 0) is 19.6 Å². The van der Waals surface area contributed by atoms with Crippen molar-refractivity contribution in [1.82, 2.24) is 10.6 Å². The Labute approximate surface area is 107 Å². The molecule has 0 aliphatic carbocycles. The molecule has 1 fully saturated rings. The number of rotatable bonds is 6. The van der Waals surface area contributed by atoms with Crippen LogP contribution < -0.4 is 10.6 Å². The number of aliphatic hydroxyl groups excluding tert-OH is 1. The number of carbonyl (C=O) groups excluding carboxylic acids is 1. The normalized spacial score (nSPS) is 27.8. The van der Waals surface area contributed by atoms with Crippen molar-refractivity contribution < 1.29 is 14.6 Å². The molecule has 0 bridgehead atoms. The minimum atomic E-state index is -0.177. The molecule has 0 radical (unpaired) electrons. The van der Waals surface area contributed by atoms with E-state index in [-0.39, 0.29) is 36.0 Å². The van der Waals surface area contributed by atoms with E-state index in [9.17, 15) is 4.79 Å². The lowest BCUT2D eigenvalue weighted by atomic mass is 10.1. The molecule has 0 saturated carbocycles. The van der Waals surface area contributed by atoms with Crippen LogP contribution in [-0.2, 0) is 9.53 Å². The summed E-state index contributed by atoms with van der Waals surface area (Å²) in [6.07, 6.45) is 2.76. The summed E-state index contributed by atoms with van der Waals surface area (Å²) in [6, 6.07) is -0.213. The molecule has 1 heterocycles. The zero-order chi connectivity index (χ0) is 12.8. The molecule has 1 aliphatic rings. The van der Waals surface area contributed by atoms with Crippen molar-refractivity contribution in [2.24, 2.45) is 0 Å². The largest absolute Gasteiger partial charge is 0.395 e. The number of hydrogen-bond donors (Lipinski definition) is 3. The second-order valence-corrected chi connectivity index (χ2v) is 5.39. The van der Waals surface area contributed by atoms with Crippen LogP contribution in [0, 0.1) is 0 Å². The van der Waals surface area contributed by atoms with E-state index in [4.69, 9.17) is 9.84 Å². The van der Waals surface area contributed by atoms with Gasteiger partial charge >= 0.3 is 0 Å². The number of carbonyl (C=O) groups is 1. The maximum Gasteiger partial charge on any atom is 0.237 e. The van der Waals surface area contributed by atoms with Crippen molar-refractivity contribution in [1.29, 1.82) is 0 Å². The quantitative estimate of drug-likeness (QED) is 0.607. The van der Waals surface area contributed by atoms with Crippen LogP contribution in [0.2, 0.25) is 0 Å². The molecule has 4 unspecified atom stereocenters. The molecular formula is C11H22N2O3S. The summed E-state index contributed by atoms with van der Waals surface area (Å²) in [5.74, 6) is -0.00968. The Morgan fingerprint density at radius 3 is 2.88 bits per heavy atom. The summed E-state index contributed by atoms with van der Waals surface area (Å²) in [5.41, 5.74) is 0. The van der Waals surface area contributed by atoms with Gasteiger partial charge in [0.2, 0.25) is 5.91 Å². The van der Waals surface area contributed by atoms with Gasteiger partial charge in [0, 0.05) is 24.9 Å². The molecule has 100 valence electrons. The van der Waals surface area contributed by atoms with Crippen LogP contribution in [-0.4, -0.2) is 61.0 Å². The highest BCUT2D eigenvalue weighted by atomic mass is 32.2. The van der Waals surface area contributed by atoms with Gasteiger partial charge in [-0.3, -0.25) is 4.79 Å². The van der Waals surface area contributed by atoms with E-state index in [2.05, 4.69) is 10.6 Å². The number of amides is 1. The molecule has 1 aliphatic heterocycles. The number of nitrogens with one attached hydrogen (secondary N) is 2. The molecule has 1 saturated heterocycles. The van der Waals surface area contributed by atoms with E-state index >= 15 is 0 Å². The third-order valence-electron chi connectivity index (χ3n) is 3.15. The maximum absolute atomic E-state index is 11.9. The van der Waals surface area contributed by atoms with E-state index in [1.54, 1.807) is 18.9 Å². The Bertz CT molecular complexity index is 249. The third-order valence-corrected chi connectivity index (χ3v) is 4.31. The van der Waals surface area contributed by atoms with E-state index in [1.807, 2.05) is 13.2 Å². The molecule has 0 aromatic rings. The Morgan fingerprint density at radius 1 is 1.71 bits per heavy atom. The molecule has 0 aromatic carbocycles. The third kappa shape index (κ3) is 4.13. The van der Waals surface area contributed by atoms with Gasteiger partial charge in [-0.25, -0.2) is 0 Å². The first-order valence-electron chi connectivity index (χ1n) is 5.82. The smallest absolute Gasteiger partial charge is 0.237 e. The Morgan fingerprint density at radius 2 is 2.41 bits per heavy atom. The van der Waals surface area contributed by atoms with Gasteiger partial charge in [0.25, 0.3) is 0 Å². The van der Waals surface area contributed by atoms with Gasteiger partial charge in [-0.1, -0.05) is 0 Å². The first-order chi connectivity index (χ1) is 8.12. The first-order valence-corrected chi connectivity index (χ1v) is 7.11. The molecule has 0 aromatic heterocycles. The number of methoxy groups -OCH3 is 1. The second-order valence-electron chi connectivity index (χ2n) is 4.31. The van der Waals surface area contributed by atoms with Crippen molar-refractivity contribution >= 4 is 17.7 Å². The number of thioether (sulfide) groups is 1. The minimum Gasteiger partial charge on any atom is -0.395 e. The van der Waals surface area contributed by atoms with Crippen LogP contribution in [0.1, 0.15) is 13.3 Å². The van der Waals surface area contributed by atoms with Gasteiger partial charge < -0.3 is 20.5 Å². The van der Waals surface area contributed by atoms with Gasteiger partial charge in [0.1, 0.15) is 0 Å². The fraction of sp³-hybridized carbons (Fsp3) is 0.909. The lowest BCUT2D eigenvalue weighted by Crippen LogP contribution is -2.48. The molecular weight excluding hydrogens is 240 g/mol. The van der Waals surface area contributed by atoms with E-state index in [1.165, 1.54) is 0 Å². The lowest BCUT2D eigenvalue weighted by molar-refractivity contribution is -0.123. The van der Waals surface area contributed by atoms with Crippen LogP contribution in [0.25, 0.3) is 0 Å². The Hall–Kier alpha value is -0.300. The molecule has 6 heteroatoms. The number of hydrogen-bond acceptors (Lipinski definition) is 5. The number of ether oxygens (including phenoxy) is 1. The molecule has 4 atom stereocenters. The molecule has 3 N–H and O–H groups in total. The lowest BCUT2D eigenvalue weighted by Gasteiger charge is -2.23. The van der Waals surface area contributed by atoms with Crippen molar-refractivity contribution in [3.05, 3.63) is 0 Å². The highest BCUT2D eigenvalue weighted by molar-refractivity contribution is 7.99. The summed E-state index contributed by atoms with van der Waals surface area (Å²) < 4.78 is 5.20. The Balaban J connectivity index is 2.39. The zero-order valence-corrected chi connectivity index (χ0v) is 11.4. The van der Waals surface area contributed by atoms with E-state index < -0.39 is 0 Å². The molecule has 1 amide bonds. The van der Waals surface area contributed by atoms with Crippen molar-refractivity contribution in [3.8, 4) is 0 Å². The monoisotopic (exact) mass is 262 g/mol. The summed E-state index contributed by atoms with van der Waals surface area (Å²) >= 11 is 1.56. The van der Waals surface area contributed by atoms with Gasteiger partial charge in [0.05, 0.1) is 18.8 Å². The standard InChI is InChI=1S/C11H22N2O3S/c1-7(10(6-14)17-3)13-11(15)9-4-8(16-2)5-12-9/h7-10,12,14H,4-6H2,1-3H3,(H,13,15). The summed E-state index contributed by atoms with van der Waals surface area (Å²) in [6.45, 7) is 2.70. The summed E-state index contributed by atoms with van der Waals surface area (Å²) in [5, 5.41) is 15.2. The minimum absolute atomic E-state index is 0.00968. The van der Waals surface area contributed by atoms with Crippen LogP contribution in [0.3, 0.4) is 0 Å². The average Bonchev–Trinajstić information content (AvgIpc) is 2.79. The maximum atomic E-state index is 11.9. The van der Waals surface area contributed by atoms with Crippen LogP contribution in [0.4, 0.5) is 0 Å². The molecule has 1 rings (SSSR count). The second kappa shape index (κ2) is 7.20. The fourth-order valence-corrected chi connectivity index (χ4v) is 2.56. The predicted molar refractivity (Wildman–Crippen MR) is 69.2 cm³/mol. The highest BCUT2D eigenvalue weighted by Gasteiger charge is 2.30. The predicted octanol–water partition coefficient (Wildman–Crippen LogP) is -0.408. The summed E-state index contributed by atoms with van der Waals surface area (Å²) in [4.78, 5) is 11.9. The Kier molecular flexibility index (Phi) is 6.26. The average molecular weight is 262 g/mol. The summed E-state index contributed by atoms with van der Waals surface area (Å²) in [7, 11) is 1.66. The molecule has 5 nitrogen and oxygen atoms in total. The van der Waals surface area contributed by atoms with Crippen molar-refractivity contribution in [2.75, 3.05) is 26.5 Å². The highest BCUT2D eigenvalue weighted by Crippen LogP contribution is 2.13. The molecule has 0 spiro atoms. The van der Waals surface area contributed by atoms with Crippen LogP contribution >= 0.6 is 11.8 Å². The van der Waals surface area contributed by atoms with Gasteiger partial charge in [0.15, 0.2) is 0 Å². The SMILES string of the molecule is COC1CNC(C(=O)NC(C)C(CO)SC)C1. The van der Waals surface area contributed by atoms with Crippen LogP contribution in [0.5, 0.6) is 0 Å². The van der Waals surface area contributed by atoms with Crippen molar-refractivity contribution in [3.63, 3.8) is 0 Å².